The summed E-state index contributed by atoms with van der Waals surface area (Å²) in [5.74, 6) is -1.26. The van der Waals surface area contributed by atoms with E-state index in [1.54, 1.807) is 7.11 Å². The van der Waals surface area contributed by atoms with Crippen molar-refractivity contribution in [1.29, 1.82) is 0 Å². The van der Waals surface area contributed by atoms with Crippen LogP contribution in [0.1, 0.15) is 13.3 Å². The van der Waals surface area contributed by atoms with Gasteiger partial charge in [0.25, 0.3) is 0 Å². The van der Waals surface area contributed by atoms with Gasteiger partial charge >= 0.3 is 0 Å². The maximum absolute atomic E-state index is 13.6. The monoisotopic (exact) mass is 301 g/mol. The molecular weight excluding hydrogens is 280 g/mol. The maximum atomic E-state index is 13.6. The van der Waals surface area contributed by atoms with Crippen molar-refractivity contribution in [2.75, 3.05) is 26.9 Å². The molecule has 3 unspecified atom stereocenters. The predicted molar refractivity (Wildman–Crippen MR) is 74.5 cm³/mol. The van der Waals surface area contributed by atoms with E-state index in [0.717, 1.165) is 19.0 Å². The SMILES string of the molecule is CCNC1CC(Oc2ccc(F)cc2F)C1OCCOC. The first-order valence-electron chi connectivity index (χ1n) is 7.11. The largest absolute Gasteiger partial charge is 0.485 e. The van der Waals surface area contributed by atoms with Gasteiger partial charge in [0, 0.05) is 25.6 Å². The molecule has 1 aromatic rings. The van der Waals surface area contributed by atoms with Crippen LogP contribution >= 0.6 is 0 Å². The fraction of sp³-hybridized carbons (Fsp3) is 0.600. The molecule has 21 heavy (non-hydrogen) atoms. The molecule has 2 rings (SSSR count). The first-order chi connectivity index (χ1) is 10.2. The van der Waals surface area contributed by atoms with E-state index in [1.165, 1.54) is 12.1 Å². The standard InChI is InChI=1S/C15H21F2NO3/c1-3-18-12-9-14(15(12)20-7-6-19-2)21-13-5-4-10(16)8-11(13)17/h4-5,8,12,14-15,18H,3,6-7,9H2,1-2H3. The third kappa shape index (κ3) is 4.12. The number of benzene rings is 1. The summed E-state index contributed by atoms with van der Waals surface area (Å²) >= 11 is 0. The lowest BCUT2D eigenvalue weighted by Gasteiger charge is -2.44. The molecule has 0 amide bonds. The summed E-state index contributed by atoms with van der Waals surface area (Å²) in [5, 5.41) is 3.30. The fourth-order valence-corrected chi connectivity index (χ4v) is 2.38. The second-order valence-corrected chi connectivity index (χ2v) is 4.96. The molecule has 1 fully saturated rings. The minimum atomic E-state index is -0.697. The average Bonchev–Trinajstić information content (AvgIpc) is 2.44. The third-order valence-electron chi connectivity index (χ3n) is 3.49. The van der Waals surface area contributed by atoms with Crippen molar-refractivity contribution in [3.8, 4) is 5.75 Å². The Morgan fingerprint density at radius 2 is 2.10 bits per heavy atom. The average molecular weight is 301 g/mol. The van der Waals surface area contributed by atoms with Gasteiger partial charge in [0.2, 0.25) is 0 Å². The van der Waals surface area contributed by atoms with Crippen LogP contribution in [0.5, 0.6) is 5.75 Å². The van der Waals surface area contributed by atoms with Crippen LogP contribution in [0.15, 0.2) is 18.2 Å². The van der Waals surface area contributed by atoms with Crippen molar-refractivity contribution in [3.63, 3.8) is 0 Å². The molecule has 0 aliphatic heterocycles. The Morgan fingerprint density at radius 1 is 1.29 bits per heavy atom. The smallest absolute Gasteiger partial charge is 0.167 e. The van der Waals surface area contributed by atoms with E-state index in [0.29, 0.717) is 13.2 Å². The lowest BCUT2D eigenvalue weighted by atomic mass is 9.85. The molecule has 3 atom stereocenters. The first kappa shape index (κ1) is 16.1. The minimum Gasteiger partial charge on any atom is -0.485 e. The summed E-state index contributed by atoms with van der Waals surface area (Å²) in [5.41, 5.74) is 0. The third-order valence-corrected chi connectivity index (χ3v) is 3.49. The van der Waals surface area contributed by atoms with Crippen molar-refractivity contribution in [2.45, 2.75) is 31.6 Å². The summed E-state index contributed by atoms with van der Waals surface area (Å²) in [6, 6.07) is 3.48. The summed E-state index contributed by atoms with van der Waals surface area (Å²) in [6.07, 6.45) is 0.317. The van der Waals surface area contributed by atoms with Gasteiger partial charge in [0.05, 0.1) is 13.2 Å². The van der Waals surface area contributed by atoms with Crippen LogP contribution in [-0.2, 0) is 9.47 Å². The van der Waals surface area contributed by atoms with Crippen LogP contribution in [0.3, 0.4) is 0 Å². The van der Waals surface area contributed by atoms with Crippen molar-refractivity contribution in [2.24, 2.45) is 0 Å². The summed E-state index contributed by atoms with van der Waals surface area (Å²) in [7, 11) is 1.60. The quantitative estimate of drug-likeness (QED) is 0.747. The number of hydrogen-bond donors (Lipinski definition) is 1. The molecule has 0 saturated heterocycles. The highest BCUT2D eigenvalue weighted by atomic mass is 19.1. The molecule has 0 bridgehead atoms. The van der Waals surface area contributed by atoms with Gasteiger partial charge in [0.1, 0.15) is 18.0 Å². The van der Waals surface area contributed by atoms with Gasteiger partial charge in [-0.25, -0.2) is 8.78 Å². The number of nitrogens with one attached hydrogen (secondary N) is 1. The molecule has 0 radical (unpaired) electrons. The van der Waals surface area contributed by atoms with Crippen LogP contribution in [0.2, 0.25) is 0 Å². The van der Waals surface area contributed by atoms with Crippen LogP contribution in [0.25, 0.3) is 0 Å². The number of hydrogen-bond acceptors (Lipinski definition) is 4. The number of likely N-dealkylation sites (N-methyl/N-ethyl adjacent to an activating group) is 1. The highest BCUT2D eigenvalue weighted by Gasteiger charge is 2.43. The van der Waals surface area contributed by atoms with E-state index in [2.05, 4.69) is 5.32 Å². The van der Waals surface area contributed by atoms with E-state index in [-0.39, 0.29) is 24.0 Å². The Labute approximate surface area is 123 Å². The molecule has 1 aromatic carbocycles. The Morgan fingerprint density at radius 3 is 2.76 bits per heavy atom. The Bertz CT molecular complexity index is 459. The lowest BCUT2D eigenvalue weighted by molar-refractivity contribution is -0.116. The molecule has 118 valence electrons. The van der Waals surface area contributed by atoms with E-state index in [9.17, 15) is 8.78 Å². The number of halogens is 2. The fourth-order valence-electron chi connectivity index (χ4n) is 2.38. The first-order valence-corrected chi connectivity index (χ1v) is 7.11. The molecule has 1 aliphatic carbocycles. The van der Waals surface area contributed by atoms with Gasteiger partial charge in [-0.3, -0.25) is 0 Å². The van der Waals surface area contributed by atoms with Crippen LogP contribution < -0.4 is 10.1 Å². The molecule has 6 heteroatoms. The Balaban J connectivity index is 1.94. The number of methoxy groups -OCH3 is 1. The van der Waals surface area contributed by atoms with Gasteiger partial charge in [-0.1, -0.05) is 6.92 Å². The van der Waals surface area contributed by atoms with Gasteiger partial charge in [-0.2, -0.15) is 0 Å². The molecule has 4 nitrogen and oxygen atoms in total. The molecule has 0 spiro atoms. The van der Waals surface area contributed by atoms with Gasteiger partial charge in [-0.15, -0.1) is 0 Å². The molecular formula is C15H21F2NO3. The molecule has 1 saturated carbocycles. The molecule has 0 aromatic heterocycles. The number of ether oxygens (including phenoxy) is 3. The summed E-state index contributed by atoms with van der Waals surface area (Å²) < 4.78 is 42.8. The van der Waals surface area contributed by atoms with Crippen molar-refractivity contribution in [3.05, 3.63) is 29.8 Å². The zero-order valence-corrected chi connectivity index (χ0v) is 12.3. The van der Waals surface area contributed by atoms with Crippen LogP contribution in [-0.4, -0.2) is 45.1 Å². The minimum absolute atomic E-state index is 0.0525. The summed E-state index contributed by atoms with van der Waals surface area (Å²) in [4.78, 5) is 0. The number of rotatable bonds is 8. The molecule has 1 N–H and O–H groups in total. The van der Waals surface area contributed by atoms with E-state index >= 15 is 0 Å². The zero-order chi connectivity index (χ0) is 15.2. The van der Waals surface area contributed by atoms with Crippen LogP contribution in [0, 0.1) is 11.6 Å². The normalized spacial score (nSPS) is 24.7. The van der Waals surface area contributed by atoms with E-state index in [1.807, 2.05) is 6.92 Å². The topological polar surface area (TPSA) is 39.7 Å². The zero-order valence-electron chi connectivity index (χ0n) is 12.3. The van der Waals surface area contributed by atoms with Crippen molar-refractivity contribution < 1.29 is 23.0 Å². The van der Waals surface area contributed by atoms with E-state index in [4.69, 9.17) is 14.2 Å². The van der Waals surface area contributed by atoms with Crippen LogP contribution in [0.4, 0.5) is 8.78 Å². The Kier molecular flexibility index (Phi) is 5.90. The molecule has 0 heterocycles. The Hall–Kier alpha value is -1.24. The molecule has 1 aliphatic rings. The van der Waals surface area contributed by atoms with Gasteiger partial charge in [0.15, 0.2) is 11.6 Å². The second kappa shape index (κ2) is 7.68. The summed E-state index contributed by atoms with van der Waals surface area (Å²) in [6.45, 7) is 3.79. The maximum Gasteiger partial charge on any atom is 0.167 e. The van der Waals surface area contributed by atoms with Crippen molar-refractivity contribution in [1.82, 2.24) is 5.32 Å². The predicted octanol–water partition coefficient (Wildman–Crippen LogP) is 2.13. The second-order valence-electron chi connectivity index (χ2n) is 4.96. The van der Waals surface area contributed by atoms with E-state index < -0.39 is 11.6 Å². The van der Waals surface area contributed by atoms with Crippen molar-refractivity contribution >= 4 is 0 Å². The lowest BCUT2D eigenvalue weighted by Crippen LogP contribution is -2.61. The highest BCUT2D eigenvalue weighted by molar-refractivity contribution is 5.25. The van der Waals surface area contributed by atoms with Gasteiger partial charge in [-0.05, 0) is 18.7 Å². The van der Waals surface area contributed by atoms with Gasteiger partial charge < -0.3 is 19.5 Å². The highest BCUT2D eigenvalue weighted by Crippen LogP contribution is 2.30.